The summed E-state index contributed by atoms with van der Waals surface area (Å²) in [5.74, 6) is 0.415. The van der Waals surface area contributed by atoms with Crippen molar-refractivity contribution in [3.63, 3.8) is 0 Å². The van der Waals surface area contributed by atoms with Crippen molar-refractivity contribution in [3.8, 4) is 5.75 Å². The van der Waals surface area contributed by atoms with E-state index in [9.17, 15) is 4.79 Å². The van der Waals surface area contributed by atoms with Crippen LogP contribution in [0.15, 0.2) is 35.7 Å². The van der Waals surface area contributed by atoms with E-state index in [0.29, 0.717) is 36.1 Å². The number of ether oxygens (including phenoxy) is 2. The molecule has 0 aliphatic heterocycles. The Labute approximate surface area is 139 Å². The van der Waals surface area contributed by atoms with Gasteiger partial charge in [-0.1, -0.05) is 23.7 Å². The Kier molecular flexibility index (Phi) is 6.71. The maximum Gasteiger partial charge on any atom is 0.224 e. The third-order valence-corrected chi connectivity index (χ3v) is 4.19. The van der Waals surface area contributed by atoms with Crippen LogP contribution in [-0.2, 0) is 16.0 Å². The van der Waals surface area contributed by atoms with E-state index in [1.54, 1.807) is 36.6 Å². The van der Waals surface area contributed by atoms with Gasteiger partial charge in [0.2, 0.25) is 5.91 Å². The summed E-state index contributed by atoms with van der Waals surface area (Å²) in [6, 6.07) is 9.29. The molecule has 0 spiro atoms. The molecule has 2 rings (SSSR count). The maximum absolute atomic E-state index is 12.1. The Bertz CT molecular complexity index is 601. The Hall–Kier alpha value is -1.56. The standard InChI is InChI=1S/C16H18ClNO3S/c1-20-9-10-21-16-13(17)5-2-6-14(16)18-15(19)8-7-12-4-3-11-22-12/h2-6,11H,7-10H2,1H3,(H,18,19). The molecular formula is C16H18ClNO3S. The van der Waals surface area contributed by atoms with Crippen molar-refractivity contribution < 1.29 is 14.3 Å². The highest BCUT2D eigenvalue weighted by Gasteiger charge is 2.11. The molecule has 1 aromatic heterocycles. The minimum Gasteiger partial charge on any atom is -0.487 e. The summed E-state index contributed by atoms with van der Waals surface area (Å²) in [5.41, 5.74) is 0.583. The summed E-state index contributed by atoms with van der Waals surface area (Å²) in [6.45, 7) is 0.829. The van der Waals surface area contributed by atoms with Gasteiger partial charge in [0, 0.05) is 18.4 Å². The summed E-state index contributed by atoms with van der Waals surface area (Å²) < 4.78 is 10.5. The molecule has 0 unspecified atom stereocenters. The molecule has 0 atom stereocenters. The lowest BCUT2D eigenvalue weighted by atomic mass is 10.2. The van der Waals surface area contributed by atoms with Gasteiger partial charge in [-0.25, -0.2) is 0 Å². The summed E-state index contributed by atoms with van der Waals surface area (Å²) in [4.78, 5) is 13.3. The van der Waals surface area contributed by atoms with Crippen molar-refractivity contribution in [1.29, 1.82) is 0 Å². The van der Waals surface area contributed by atoms with E-state index in [1.807, 2.05) is 17.5 Å². The number of methoxy groups -OCH3 is 1. The number of para-hydroxylation sites is 1. The van der Waals surface area contributed by atoms with Gasteiger partial charge in [0.25, 0.3) is 0 Å². The number of amides is 1. The van der Waals surface area contributed by atoms with Gasteiger partial charge >= 0.3 is 0 Å². The van der Waals surface area contributed by atoms with Crippen LogP contribution in [0.25, 0.3) is 0 Å². The molecule has 2 aromatic rings. The van der Waals surface area contributed by atoms with Crippen molar-refractivity contribution in [2.75, 3.05) is 25.6 Å². The van der Waals surface area contributed by atoms with E-state index in [0.717, 1.165) is 6.42 Å². The minimum absolute atomic E-state index is 0.0627. The second kappa shape index (κ2) is 8.78. The largest absolute Gasteiger partial charge is 0.487 e. The smallest absolute Gasteiger partial charge is 0.224 e. The fourth-order valence-corrected chi connectivity index (χ4v) is 2.82. The zero-order valence-electron chi connectivity index (χ0n) is 12.3. The highest BCUT2D eigenvalue weighted by Crippen LogP contribution is 2.33. The van der Waals surface area contributed by atoms with E-state index in [1.165, 1.54) is 4.88 Å². The lowest BCUT2D eigenvalue weighted by Crippen LogP contribution is -2.14. The number of halogens is 1. The number of rotatable bonds is 8. The van der Waals surface area contributed by atoms with Gasteiger partial charge in [0.05, 0.1) is 17.3 Å². The maximum atomic E-state index is 12.1. The zero-order valence-corrected chi connectivity index (χ0v) is 13.9. The molecule has 1 amide bonds. The number of aryl methyl sites for hydroxylation is 1. The third-order valence-electron chi connectivity index (χ3n) is 2.95. The van der Waals surface area contributed by atoms with E-state index in [-0.39, 0.29) is 5.91 Å². The molecule has 1 N–H and O–H groups in total. The Balaban J connectivity index is 1.95. The molecule has 0 saturated heterocycles. The van der Waals surface area contributed by atoms with Crippen molar-refractivity contribution in [3.05, 3.63) is 45.6 Å². The molecule has 118 valence electrons. The van der Waals surface area contributed by atoms with Gasteiger partial charge in [-0.05, 0) is 30.0 Å². The van der Waals surface area contributed by atoms with Gasteiger partial charge in [-0.2, -0.15) is 0 Å². The number of carbonyl (C=O) groups excluding carboxylic acids is 1. The quantitative estimate of drug-likeness (QED) is 0.739. The molecule has 4 nitrogen and oxygen atoms in total. The second-order valence-corrected chi connectivity index (χ2v) is 6.02. The number of nitrogens with one attached hydrogen (secondary N) is 1. The average molecular weight is 340 g/mol. The van der Waals surface area contributed by atoms with Gasteiger partial charge in [0.15, 0.2) is 5.75 Å². The first-order valence-corrected chi connectivity index (χ1v) is 8.19. The first-order chi connectivity index (χ1) is 10.7. The van der Waals surface area contributed by atoms with Gasteiger partial charge in [0.1, 0.15) is 6.61 Å². The Morgan fingerprint density at radius 1 is 1.27 bits per heavy atom. The molecule has 0 bridgehead atoms. The van der Waals surface area contributed by atoms with Crippen LogP contribution in [0.2, 0.25) is 5.02 Å². The molecule has 0 fully saturated rings. The Morgan fingerprint density at radius 3 is 2.86 bits per heavy atom. The van der Waals surface area contributed by atoms with E-state index in [4.69, 9.17) is 21.1 Å². The number of anilines is 1. The first kappa shape index (κ1) is 16.8. The summed E-state index contributed by atoms with van der Waals surface area (Å²) in [6.07, 6.45) is 1.15. The van der Waals surface area contributed by atoms with Crippen molar-refractivity contribution in [1.82, 2.24) is 0 Å². The van der Waals surface area contributed by atoms with Crippen molar-refractivity contribution >= 4 is 34.5 Å². The lowest BCUT2D eigenvalue weighted by molar-refractivity contribution is -0.116. The molecule has 0 aliphatic rings. The van der Waals surface area contributed by atoms with E-state index < -0.39 is 0 Å². The summed E-state index contributed by atoms with van der Waals surface area (Å²) in [5, 5.41) is 5.33. The number of hydrogen-bond donors (Lipinski definition) is 1. The molecule has 1 aromatic carbocycles. The van der Waals surface area contributed by atoms with Crippen LogP contribution in [0.4, 0.5) is 5.69 Å². The fraction of sp³-hybridized carbons (Fsp3) is 0.312. The molecule has 1 heterocycles. The summed E-state index contributed by atoms with van der Waals surface area (Å²) >= 11 is 7.79. The van der Waals surface area contributed by atoms with Crippen LogP contribution in [0.3, 0.4) is 0 Å². The third kappa shape index (κ3) is 5.02. The lowest BCUT2D eigenvalue weighted by Gasteiger charge is -2.13. The van der Waals surface area contributed by atoms with Crippen LogP contribution >= 0.6 is 22.9 Å². The van der Waals surface area contributed by atoms with Crippen LogP contribution in [0.1, 0.15) is 11.3 Å². The minimum atomic E-state index is -0.0627. The van der Waals surface area contributed by atoms with Crippen molar-refractivity contribution in [2.24, 2.45) is 0 Å². The first-order valence-electron chi connectivity index (χ1n) is 6.93. The molecule has 0 aliphatic carbocycles. The highest BCUT2D eigenvalue weighted by atomic mass is 35.5. The topological polar surface area (TPSA) is 47.6 Å². The number of hydrogen-bond acceptors (Lipinski definition) is 4. The predicted molar refractivity (Wildman–Crippen MR) is 90.1 cm³/mol. The SMILES string of the molecule is COCCOc1c(Cl)cccc1NC(=O)CCc1cccs1. The number of benzene rings is 1. The zero-order chi connectivity index (χ0) is 15.8. The molecule has 22 heavy (non-hydrogen) atoms. The molecule has 0 radical (unpaired) electrons. The predicted octanol–water partition coefficient (Wildman–Crippen LogP) is 4.00. The normalized spacial score (nSPS) is 10.5. The highest BCUT2D eigenvalue weighted by molar-refractivity contribution is 7.09. The van der Waals surface area contributed by atoms with Crippen LogP contribution in [0.5, 0.6) is 5.75 Å². The van der Waals surface area contributed by atoms with Crippen LogP contribution in [0, 0.1) is 0 Å². The van der Waals surface area contributed by atoms with Gasteiger partial charge < -0.3 is 14.8 Å². The second-order valence-electron chi connectivity index (χ2n) is 4.59. The Morgan fingerprint density at radius 2 is 2.14 bits per heavy atom. The molecule has 6 heteroatoms. The van der Waals surface area contributed by atoms with E-state index in [2.05, 4.69) is 5.32 Å². The van der Waals surface area contributed by atoms with Gasteiger partial charge in [-0.15, -0.1) is 11.3 Å². The summed E-state index contributed by atoms with van der Waals surface area (Å²) in [7, 11) is 1.60. The van der Waals surface area contributed by atoms with Crippen LogP contribution in [-0.4, -0.2) is 26.2 Å². The number of thiophene rings is 1. The number of carbonyl (C=O) groups is 1. The average Bonchev–Trinajstić information content (AvgIpc) is 3.01. The molecule has 0 saturated carbocycles. The molecular weight excluding hydrogens is 322 g/mol. The van der Waals surface area contributed by atoms with E-state index >= 15 is 0 Å². The van der Waals surface area contributed by atoms with Crippen LogP contribution < -0.4 is 10.1 Å². The van der Waals surface area contributed by atoms with Gasteiger partial charge in [-0.3, -0.25) is 4.79 Å². The monoisotopic (exact) mass is 339 g/mol. The van der Waals surface area contributed by atoms with Crippen molar-refractivity contribution in [2.45, 2.75) is 12.8 Å². The fourth-order valence-electron chi connectivity index (χ4n) is 1.89.